The van der Waals surface area contributed by atoms with Crippen molar-refractivity contribution in [3.05, 3.63) is 0 Å². The number of nitrogens with one attached hydrogen (secondary N) is 4. The van der Waals surface area contributed by atoms with Gasteiger partial charge in [-0.3, -0.25) is 23.4 Å². The van der Waals surface area contributed by atoms with Crippen LogP contribution in [0, 0.1) is 5.41 Å². The van der Waals surface area contributed by atoms with E-state index in [1.165, 1.54) is 4.90 Å². The minimum absolute atomic E-state index is 0.0174. The second-order valence-electron chi connectivity index (χ2n) is 14.0. The number of rotatable bonds is 13. The van der Waals surface area contributed by atoms with Gasteiger partial charge in [-0.05, 0) is 70.1 Å². The molecule has 0 aromatic carbocycles. The van der Waals surface area contributed by atoms with Crippen molar-refractivity contribution in [3.8, 4) is 0 Å². The second-order valence-corrected chi connectivity index (χ2v) is 15.2. The summed E-state index contributed by atoms with van der Waals surface area (Å²) in [7, 11) is 0. The summed E-state index contributed by atoms with van der Waals surface area (Å²) >= 11 is -2.38. The molecule has 3 saturated carbocycles. The second kappa shape index (κ2) is 15.4. The summed E-state index contributed by atoms with van der Waals surface area (Å²) < 4.78 is 24.0. The van der Waals surface area contributed by atoms with Crippen LogP contribution >= 0.6 is 0 Å². The molecule has 1 aliphatic heterocycles. The maximum absolute atomic E-state index is 14.4. The maximum atomic E-state index is 14.4. The van der Waals surface area contributed by atoms with E-state index in [1.54, 1.807) is 6.92 Å². The maximum Gasteiger partial charge on any atom is 0.315 e. The van der Waals surface area contributed by atoms with Crippen LogP contribution in [0.1, 0.15) is 124 Å². The Morgan fingerprint density at radius 3 is 2.11 bits per heavy atom. The Hall–Kier alpha value is -2.54. The molecule has 0 aromatic rings. The number of amides is 5. The van der Waals surface area contributed by atoms with Gasteiger partial charge in [0.2, 0.25) is 17.6 Å². The zero-order valence-electron chi connectivity index (χ0n) is 27.1. The molecule has 4 aliphatic rings. The van der Waals surface area contributed by atoms with Gasteiger partial charge < -0.3 is 30.7 Å². The van der Waals surface area contributed by atoms with Crippen LogP contribution < -0.4 is 21.3 Å². The highest BCUT2D eigenvalue weighted by atomic mass is 32.2. The van der Waals surface area contributed by atoms with Crippen molar-refractivity contribution in [3.63, 3.8) is 0 Å². The minimum atomic E-state index is -2.38. The first-order chi connectivity index (χ1) is 21.4. The Morgan fingerprint density at radius 2 is 1.53 bits per heavy atom. The van der Waals surface area contributed by atoms with E-state index >= 15 is 0 Å². The van der Waals surface area contributed by atoms with Gasteiger partial charge in [-0.15, -0.1) is 0 Å². The number of carbonyl (C=O) groups is 5. The first kappa shape index (κ1) is 35.3. The summed E-state index contributed by atoms with van der Waals surface area (Å²) in [5.74, 6) is -2.20. The molecule has 0 aromatic heterocycles. The van der Waals surface area contributed by atoms with Gasteiger partial charge in [0.25, 0.3) is 5.91 Å². The summed E-state index contributed by atoms with van der Waals surface area (Å²) in [5.41, 5.74) is -1.47. The molecule has 45 heavy (non-hydrogen) atoms. The molecule has 5 unspecified atom stereocenters. The smallest absolute Gasteiger partial charge is 0.315 e. The van der Waals surface area contributed by atoms with E-state index < -0.39 is 69.0 Å². The zero-order valence-corrected chi connectivity index (χ0v) is 27.9. The van der Waals surface area contributed by atoms with Gasteiger partial charge >= 0.3 is 6.03 Å². The number of ketones is 1. The van der Waals surface area contributed by atoms with Gasteiger partial charge in [0.1, 0.15) is 12.1 Å². The van der Waals surface area contributed by atoms with Crippen molar-refractivity contribution in [2.24, 2.45) is 5.41 Å². The van der Waals surface area contributed by atoms with E-state index in [2.05, 4.69) is 21.3 Å². The molecule has 0 radical (unpaired) electrons. The Balaban J connectivity index is 1.51. The number of urea groups is 1. The molecule has 254 valence electrons. The predicted molar refractivity (Wildman–Crippen MR) is 169 cm³/mol. The number of likely N-dealkylation sites (tertiary alicyclic amines) is 1. The van der Waals surface area contributed by atoms with Crippen LogP contribution in [-0.2, 0) is 30.3 Å². The highest BCUT2D eigenvalue weighted by Crippen LogP contribution is 2.40. The first-order valence-electron chi connectivity index (χ1n) is 17.0. The normalized spacial score (nSPS) is 25.2. The number of Topliss-reactive ketones (excluding diaryl/α,β-unsaturated/α-hetero) is 1. The van der Waals surface area contributed by atoms with E-state index in [4.69, 9.17) is 0 Å². The van der Waals surface area contributed by atoms with Gasteiger partial charge in [0.05, 0.1) is 11.6 Å². The molecule has 5 amide bonds. The molecular formula is C32H52N5O7S-. The Labute approximate surface area is 269 Å². The van der Waals surface area contributed by atoms with Crippen LogP contribution in [0.2, 0.25) is 0 Å². The van der Waals surface area contributed by atoms with E-state index in [9.17, 15) is 32.7 Å². The highest BCUT2D eigenvalue weighted by molar-refractivity contribution is 7.79. The fourth-order valence-electron chi connectivity index (χ4n) is 7.51. The Bertz CT molecular complexity index is 1130. The average Bonchev–Trinajstić information content (AvgIpc) is 3.69. The zero-order chi connectivity index (χ0) is 32.8. The van der Waals surface area contributed by atoms with Crippen LogP contribution in [-0.4, -0.2) is 84.7 Å². The lowest BCUT2D eigenvalue weighted by atomic mass is 9.70. The summed E-state index contributed by atoms with van der Waals surface area (Å²) in [6.07, 6.45) is 11.5. The Morgan fingerprint density at radius 1 is 0.911 bits per heavy atom. The molecule has 12 nitrogen and oxygen atoms in total. The quantitative estimate of drug-likeness (QED) is 0.175. The topological polar surface area (TPSA) is 177 Å². The molecule has 4 rings (SSSR count). The average molecular weight is 651 g/mol. The highest BCUT2D eigenvalue weighted by Gasteiger charge is 2.48. The SMILES string of the molecule is CCCC(NC(=O)C1CCCN1C(=O)C(NC(=O)NC1(C(C)S(=O)[O-])CCCCC1)C1(C)CCCCC1)C(=O)C(=O)NC1CC1. The first-order valence-corrected chi connectivity index (χ1v) is 18.2. The molecule has 13 heteroatoms. The number of carbonyl (C=O) groups excluding carboxylic acids is 5. The van der Waals surface area contributed by atoms with E-state index in [1.807, 2.05) is 13.8 Å². The van der Waals surface area contributed by atoms with Crippen LogP contribution in [0.25, 0.3) is 0 Å². The number of hydrogen-bond donors (Lipinski definition) is 4. The van der Waals surface area contributed by atoms with Crippen molar-refractivity contribution < 1.29 is 32.7 Å². The van der Waals surface area contributed by atoms with Crippen LogP contribution in [0.5, 0.6) is 0 Å². The molecule has 4 fully saturated rings. The van der Waals surface area contributed by atoms with Crippen molar-refractivity contribution >= 4 is 40.6 Å². The predicted octanol–water partition coefficient (Wildman–Crippen LogP) is 2.72. The molecular weight excluding hydrogens is 598 g/mol. The molecule has 4 N–H and O–H groups in total. The monoisotopic (exact) mass is 650 g/mol. The Kier molecular flexibility index (Phi) is 12.1. The lowest BCUT2D eigenvalue weighted by Gasteiger charge is -2.45. The van der Waals surface area contributed by atoms with Crippen molar-refractivity contribution in [1.29, 1.82) is 0 Å². The molecule has 1 heterocycles. The van der Waals surface area contributed by atoms with Crippen LogP contribution in [0.15, 0.2) is 0 Å². The van der Waals surface area contributed by atoms with Crippen LogP contribution in [0.3, 0.4) is 0 Å². The molecule has 0 bridgehead atoms. The molecule has 1 saturated heterocycles. The van der Waals surface area contributed by atoms with Gasteiger partial charge in [-0.25, -0.2) is 4.79 Å². The fourth-order valence-corrected chi connectivity index (χ4v) is 8.18. The molecule has 0 spiro atoms. The van der Waals surface area contributed by atoms with Crippen LogP contribution in [0.4, 0.5) is 4.79 Å². The fraction of sp³-hybridized carbons (Fsp3) is 0.844. The number of hydrogen-bond acceptors (Lipinski definition) is 7. The summed E-state index contributed by atoms with van der Waals surface area (Å²) in [4.78, 5) is 68.5. The van der Waals surface area contributed by atoms with Gasteiger partial charge in [0.15, 0.2) is 0 Å². The van der Waals surface area contributed by atoms with Gasteiger partial charge in [0, 0.05) is 17.8 Å². The summed E-state index contributed by atoms with van der Waals surface area (Å²) in [5, 5.41) is 10.6. The largest absolute Gasteiger partial charge is 0.772 e. The third kappa shape index (κ3) is 8.64. The number of nitrogens with zero attached hydrogens (tertiary/aromatic N) is 1. The third-order valence-corrected chi connectivity index (χ3v) is 11.6. The van der Waals surface area contributed by atoms with E-state index in [0.717, 1.165) is 64.2 Å². The van der Waals surface area contributed by atoms with E-state index in [0.29, 0.717) is 45.1 Å². The van der Waals surface area contributed by atoms with Crippen molar-refractivity contribution in [1.82, 2.24) is 26.2 Å². The lowest BCUT2D eigenvalue weighted by Crippen LogP contribution is -2.65. The summed E-state index contributed by atoms with van der Waals surface area (Å²) in [6.45, 7) is 5.81. The van der Waals surface area contributed by atoms with Crippen molar-refractivity contribution in [2.45, 2.75) is 158 Å². The van der Waals surface area contributed by atoms with E-state index in [-0.39, 0.29) is 11.9 Å². The van der Waals surface area contributed by atoms with Gasteiger partial charge in [-0.2, -0.15) is 0 Å². The van der Waals surface area contributed by atoms with Crippen molar-refractivity contribution in [2.75, 3.05) is 6.54 Å². The standard InChI is InChI=1S/C32H53N5O7S/c1-4-12-23(25(38)28(40)33-22-14-15-22)34-27(39)24-13-11-20-37(24)29(41)26(31(3)16-7-5-8-17-31)35-30(42)36-32(21(2)45(43)44)18-9-6-10-19-32/h21-24,26H,4-20H2,1-3H3,(H,33,40)(H,34,39)(H,43,44)(H2,35,36,42)/p-1. The minimum Gasteiger partial charge on any atom is -0.772 e. The molecule has 3 aliphatic carbocycles. The van der Waals surface area contributed by atoms with Gasteiger partial charge in [-0.1, -0.05) is 69.9 Å². The molecule has 5 atom stereocenters. The summed E-state index contributed by atoms with van der Waals surface area (Å²) in [6, 6.07) is -3.28. The third-order valence-electron chi connectivity index (χ3n) is 10.6. The lowest BCUT2D eigenvalue weighted by molar-refractivity contribution is -0.144.